The van der Waals surface area contributed by atoms with Gasteiger partial charge in [0.2, 0.25) is 0 Å². The van der Waals surface area contributed by atoms with Crippen molar-refractivity contribution in [1.82, 2.24) is 5.32 Å². The molecule has 4 nitrogen and oxygen atoms in total. The first-order chi connectivity index (χ1) is 8.22. The first kappa shape index (κ1) is 13.5. The lowest BCUT2D eigenvalue weighted by Crippen LogP contribution is -2.33. The predicted octanol–water partition coefficient (Wildman–Crippen LogP) is 1.89. The SMILES string of the molecule is CCc1cccc(CC)c1NC(=O)NCCN. The molecule has 0 saturated heterocycles. The summed E-state index contributed by atoms with van der Waals surface area (Å²) in [5, 5.41) is 5.62. The smallest absolute Gasteiger partial charge is 0.319 e. The summed E-state index contributed by atoms with van der Waals surface area (Å²) in [5.41, 5.74) is 8.60. The van der Waals surface area contributed by atoms with Crippen molar-refractivity contribution in [2.45, 2.75) is 26.7 Å². The van der Waals surface area contributed by atoms with E-state index < -0.39 is 0 Å². The molecule has 0 aliphatic heterocycles. The lowest BCUT2D eigenvalue weighted by molar-refractivity contribution is 0.252. The van der Waals surface area contributed by atoms with Crippen LogP contribution in [0.4, 0.5) is 10.5 Å². The lowest BCUT2D eigenvalue weighted by atomic mass is 10.0. The summed E-state index contributed by atoms with van der Waals surface area (Å²) >= 11 is 0. The maximum atomic E-state index is 11.6. The van der Waals surface area contributed by atoms with Gasteiger partial charge >= 0.3 is 6.03 Å². The fraction of sp³-hybridized carbons (Fsp3) is 0.462. The van der Waals surface area contributed by atoms with Crippen LogP contribution < -0.4 is 16.4 Å². The highest BCUT2D eigenvalue weighted by Crippen LogP contribution is 2.22. The second kappa shape index (κ2) is 6.91. The topological polar surface area (TPSA) is 67.2 Å². The first-order valence-corrected chi connectivity index (χ1v) is 6.08. The zero-order valence-corrected chi connectivity index (χ0v) is 10.5. The maximum absolute atomic E-state index is 11.6. The number of hydrogen-bond donors (Lipinski definition) is 3. The molecule has 0 bridgehead atoms. The van der Waals surface area contributed by atoms with Gasteiger partial charge in [0.15, 0.2) is 0 Å². The highest BCUT2D eigenvalue weighted by atomic mass is 16.2. The van der Waals surface area contributed by atoms with Crippen molar-refractivity contribution in [3.05, 3.63) is 29.3 Å². The summed E-state index contributed by atoms with van der Waals surface area (Å²) in [5.74, 6) is 0. The van der Waals surface area contributed by atoms with E-state index in [1.165, 1.54) is 0 Å². The van der Waals surface area contributed by atoms with Crippen LogP contribution in [-0.4, -0.2) is 19.1 Å². The fourth-order valence-electron chi connectivity index (χ4n) is 1.75. The first-order valence-electron chi connectivity index (χ1n) is 6.08. The van der Waals surface area contributed by atoms with Crippen LogP contribution in [0.5, 0.6) is 0 Å². The molecule has 4 heteroatoms. The van der Waals surface area contributed by atoms with Crippen molar-refractivity contribution < 1.29 is 4.79 Å². The molecule has 0 saturated carbocycles. The number of nitrogens with one attached hydrogen (secondary N) is 2. The Balaban J connectivity index is 2.83. The second-order valence-corrected chi connectivity index (χ2v) is 3.83. The highest BCUT2D eigenvalue weighted by molar-refractivity contribution is 5.91. The molecule has 1 aromatic rings. The monoisotopic (exact) mass is 235 g/mol. The molecule has 0 radical (unpaired) electrons. The van der Waals surface area contributed by atoms with Crippen LogP contribution in [0.2, 0.25) is 0 Å². The average molecular weight is 235 g/mol. The normalized spacial score (nSPS) is 10.1. The van der Waals surface area contributed by atoms with Crippen molar-refractivity contribution in [2.24, 2.45) is 5.73 Å². The van der Waals surface area contributed by atoms with Gasteiger partial charge in [0, 0.05) is 18.8 Å². The van der Waals surface area contributed by atoms with Crippen LogP contribution >= 0.6 is 0 Å². The van der Waals surface area contributed by atoms with Gasteiger partial charge in [0.05, 0.1) is 0 Å². The van der Waals surface area contributed by atoms with Crippen LogP contribution in [0.15, 0.2) is 18.2 Å². The predicted molar refractivity (Wildman–Crippen MR) is 71.3 cm³/mol. The number of benzene rings is 1. The zero-order valence-electron chi connectivity index (χ0n) is 10.5. The number of anilines is 1. The van der Waals surface area contributed by atoms with Crippen molar-refractivity contribution in [1.29, 1.82) is 0 Å². The van der Waals surface area contributed by atoms with Crippen molar-refractivity contribution in [3.63, 3.8) is 0 Å². The van der Waals surface area contributed by atoms with Gasteiger partial charge in [-0.15, -0.1) is 0 Å². The highest BCUT2D eigenvalue weighted by Gasteiger charge is 2.08. The Bertz CT molecular complexity index is 355. The number of carbonyl (C=O) groups excluding carboxylic acids is 1. The third-order valence-electron chi connectivity index (χ3n) is 2.67. The van der Waals surface area contributed by atoms with Crippen LogP contribution in [0.25, 0.3) is 0 Å². The number of rotatable bonds is 5. The Morgan fingerprint density at radius 1 is 1.24 bits per heavy atom. The Morgan fingerprint density at radius 3 is 2.29 bits per heavy atom. The number of nitrogens with two attached hydrogens (primary N) is 1. The molecule has 0 atom stereocenters. The van der Waals surface area contributed by atoms with Gasteiger partial charge < -0.3 is 16.4 Å². The fourth-order valence-corrected chi connectivity index (χ4v) is 1.75. The quantitative estimate of drug-likeness (QED) is 0.729. The molecular weight excluding hydrogens is 214 g/mol. The zero-order chi connectivity index (χ0) is 12.7. The summed E-state index contributed by atoms with van der Waals surface area (Å²) in [4.78, 5) is 11.6. The molecule has 2 amide bonds. The minimum atomic E-state index is -0.189. The molecule has 0 unspecified atom stereocenters. The Morgan fingerprint density at radius 2 is 1.82 bits per heavy atom. The van der Waals surface area contributed by atoms with E-state index in [0.29, 0.717) is 13.1 Å². The van der Waals surface area contributed by atoms with Gasteiger partial charge in [-0.1, -0.05) is 32.0 Å². The third kappa shape index (κ3) is 3.75. The summed E-state index contributed by atoms with van der Waals surface area (Å²) < 4.78 is 0. The number of urea groups is 1. The van der Waals surface area contributed by atoms with Crippen molar-refractivity contribution in [3.8, 4) is 0 Å². The molecule has 0 aliphatic carbocycles. The number of para-hydroxylation sites is 1. The Hall–Kier alpha value is -1.55. The summed E-state index contributed by atoms with van der Waals surface area (Å²) in [6, 6.07) is 5.92. The van der Waals surface area contributed by atoms with Gasteiger partial charge in [0.1, 0.15) is 0 Å². The Kier molecular flexibility index (Phi) is 5.49. The number of aryl methyl sites for hydroxylation is 2. The molecule has 0 heterocycles. The summed E-state index contributed by atoms with van der Waals surface area (Å²) in [6.45, 7) is 5.10. The second-order valence-electron chi connectivity index (χ2n) is 3.83. The molecular formula is C13H21N3O. The minimum absolute atomic E-state index is 0.189. The molecule has 1 aromatic carbocycles. The van der Waals surface area contributed by atoms with Crippen LogP contribution in [0, 0.1) is 0 Å². The number of amides is 2. The van der Waals surface area contributed by atoms with Crippen molar-refractivity contribution in [2.75, 3.05) is 18.4 Å². The molecule has 0 aliphatic rings. The molecule has 0 fully saturated rings. The third-order valence-corrected chi connectivity index (χ3v) is 2.67. The molecule has 94 valence electrons. The van der Waals surface area contributed by atoms with E-state index in [2.05, 4.69) is 24.5 Å². The van der Waals surface area contributed by atoms with E-state index in [4.69, 9.17) is 5.73 Å². The molecule has 1 rings (SSSR count). The lowest BCUT2D eigenvalue weighted by Gasteiger charge is -2.14. The van der Waals surface area contributed by atoms with Crippen LogP contribution in [-0.2, 0) is 12.8 Å². The van der Waals surface area contributed by atoms with Gasteiger partial charge in [-0.05, 0) is 24.0 Å². The van der Waals surface area contributed by atoms with Crippen molar-refractivity contribution >= 4 is 11.7 Å². The van der Waals surface area contributed by atoms with E-state index in [1.807, 2.05) is 18.2 Å². The van der Waals surface area contributed by atoms with Crippen LogP contribution in [0.1, 0.15) is 25.0 Å². The average Bonchev–Trinajstić information content (AvgIpc) is 2.36. The Labute approximate surface area is 103 Å². The molecule has 4 N–H and O–H groups in total. The molecule has 0 aromatic heterocycles. The maximum Gasteiger partial charge on any atom is 0.319 e. The van der Waals surface area contributed by atoms with E-state index in [9.17, 15) is 4.79 Å². The van der Waals surface area contributed by atoms with Gasteiger partial charge in [-0.2, -0.15) is 0 Å². The van der Waals surface area contributed by atoms with E-state index in [1.54, 1.807) is 0 Å². The minimum Gasteiger partial charge on any atom is -0.337 e. The van der Waals surface area contributed by atoms with Gasteiger partial charge in [0.25, 0.3) is 0 Å². The molecule has 17 heavy (non-hydrogen) atoms. The number of hydrogen-bond acceptors (Lipinski definition) is 2. The molecule has 0 spiro atoms. The summed E-state index contributed by atoms with van der Waals surface area (Å²) in [7, 11) is 0. The van der Waals surface area contributed by atoms with Crippen LogP contribution in [0.3, 0.4) is 0 Å². The number of carbonyl (C=O) groups is 1. The van der Waals surface area contributed by atoms with Gasteiger partial charge in [-0.3, -0.25) is 0 Å². The van der Waals surface area contributed by atoms with Gasteiger partial charge in [-0.25, -0.2) is 4.79 Å². The van der Waals surface area contributed by atoms with E-state index >= 15 is 0 Å². The largest absolute Gasteiger partial charge is 0.337 e. The van der Waals surface area contributed by atoms with E-state index in [0.717, 1.165) is 29.7 Å². The van der Waals surface area contributed by atoms with E-state index in [-0.39, 0.29) is 6.03 Å². The standard InChI is InChI=1S/C13H21N3O/c1-3-10-6-5-7-11(4-2)12(10)16-13(17)15-9-8-14/h5-7H,3-4,8-9,14H2,1-2H3,(H2,15,16,17). The summed E-state index contributed by atoms with van der Waals surface area (Å²) in [6.07, 6.45) is 1.81.